The molecule has 0 aliphatic carbocycles. The van der Waals surface area contributed by atoms with Gasteiger partial charge in [-0.25, -0.2) is 9.18 Å². The van der Waals surface area contributed by atoms with Crippen LogP contribution in [0.25, 0.3) is 5.69 Å². The fraction of sp³-hybridized carbons (Fsp3) is 0.227. The number of nitrogens with zero attached hydrogens (tertiary/aromatic N) is 2. The molecule has 2 aliphatic rings. The summed E-state index contributed by atoms with van der Waals surface area (Å²) in [4.78, 5) is 14.4. The Kier molecular flexibility index (Phi) is 4.35. The first-order valence-electron chi connectivity index (χ1n) is 9.62. The number of carbonyl (C=O) groups excluding carboxylic acids is 1. The lowest BCUT2D eigenvalue weighted by molar-refractivity contribution is 0.174. The van der Waals surface area contributed by atoms with E-state index in [1.165, 1.54) is 11.8 Å². The van der Waals surface area contributed by atoms with E-state index in [4.69, 9.17) is 0 Å². The summed E-state index contributed by atoms with van der Waals surface area (Å²) >= 11 is 3.23. The Hall–Kier alpha value is -2.80. The van der Waals surface area contributed by atoms with Crippen molar-refractivity contribution >= 4 is 33.3 Å². The van der Waals surface area contributed by atoms with Crippen molar-refractivity contribution in [3.8, 4) is 5.69 Å². The number of nitrogens with one attached hydrogen (secondary N) is 2. The Morgan fingerprint density at radius 2 is 1.90 bits per heavy atom. The van der Waals surface area contributed by atoms with Crippen LogP contribution in [0.3, 0.4) is 0 Å². The van der Waals surface area contributed by atoms with Crippen LogP contribution in [0.2, 0.25) is 0 Å². The molecule has 0 unspecified atom stereocenters. The fourth-order valence-electron chi connectivity index (χ4n) is 4.35. The van der Waals surface area contributed by atoms with E-state index in [2.05, 4.69) is 61.6 Å². The molecule has 5 nitrogen and oxygen atoms in total. The summed E-state index contributed by atoms with van der Waals surface area (Å²) < 4.78 is 16.9. The number of carbonyl (C=O) groups is 1. The average molecular weight is 455 g/mol. The number of piperidine rings is 1. The van der Waals surface area contributed by atoms with E-state index in [1.807, 2.05) is 12.1 Å². The molecule has 1 spiro atoms. The van der Waals surface area contributed by atoms with Crippen molar-refractivity contribution in [2.45, 2.75) is 18.4 Å². The summed E-state index contributed by atoms with van der Waals surface area (Å²) in [5.41, 5.74) is 3.44. The molecule has 2 aliphatic heterocycles. The highest BCUT2D eigenvalue weighted by molar-refractivity contribution is 9.10. The molecule has 0 radical (unpaired) electrons. The zero-order chi connectivity index (χ0) is 20.0. The molecule has 1 saturated heterocycles. The summed E-state index contributed by atoms with van der Waals surface area (Å²) in [6.07, 6.45) is 3.65. The first-order valence-corrected chi connectivity index (χ1v) is 10.4. The van der Waals surface area contributed by atoms with Gasteiger partial charge in [0.2, 0.25) is 0 Å². The van der Waals surface area contributed by atoms with E-state index in [1.54, 1.807) is 17.0 Å². The Labute approximate surface area is 176 Å². The maximum Gasteiger partial charge on any atom is 0.321 e. The van der Waals surface area contributed by atoms with E-state index in [-0.39, 0.29) is 17.3 Å². The summed E-state index contributed by atoms with van der Waals surface area (Å²) in [7, 11) is 0. The zero-order valence-corrected chi connectivity index (χ0v) is 17.2. The first kappa shape index (κ1) is 18.2. The Morgan fingerprint density at radius 3 is 2.69 bits per heavy atom. The maximum absolute atomic E-state index is 14.1. The number of likely N-dealkylation sites (tertiary alicyclic amines) is 1. The van der Waals surface area contributed by atoms with Crippen molar-refractivity contribution in [2.75, 3.05) is 23.7 Å². The summed E-state index contributed by atoms with van der Waals surface area (Å²) in [6.45, 7) is 1.18. The van der Waals surface area contributed by atoms with Gasteiger partial charge in [0, 0.05) is 29.5 Å². The van der Waals surface area contributed by atoms with Crippen LogP contribution in [-0.2, 0) is 5.54 Å². The van der Waals surface area contributed by atoms with Gasteiger partial charge in [-0.15, -0.1) is 0 Å². The van der Waals surface area contributed by atoms with Gasteiger partial charge in [0.1, 0.15) is 5.82 Å². The summed E-state index contributed by atoms with van der Waals surface area (Å²) in [6, 6.07) is 16.8. The first-order chi connectivity index (χ1) is 14.1. The average Bonchev–Trinajstić information content (AvgIpc) is 3.22. The molecule has 2 N–H and O–H groups in total. The molecule has 3 aromatic rings. The number of benzene rings is 2. The second-order valence-corrected chi connectivity index (χ2v) is 8.44. The molecule has 0 saturated carbocycles. The normalized spacial score (nSPS) is 16.7. The SMILES string of the molecule is O=C(Nc1ccc(Br)cc1F)N1CCC2(CC1)Nc1ccccc1-n1cccc12. The van der Waals surface area contributed by atoms with Crippen molar-refractivity contribution in [1.82, 2.24) is 9.47 Å². The molecule has 1 aromatic heterocycles. The largest absolute Gasteiger partial charge is 0.372 e. The third kappa shape index (κ3) is 3.09. The number of aromatic nitrogens is 1. The van der Waals surface area contributed by atoms with E-state index in [0.29, 0.717) is 17.6 Å². The van der Waals surface area contributed by atoms with Crippen molar-refractivity contribution in [1.29, 1.82) is 0 Å². The summed E-state index contributed by atoms with van der Waals surface area (Å²) in [5.74, 6) is -0.454. The second-order valence-electron chi connectivity index (χ2n) is 7.53. The van der Waals surface area contributed by atoms with Crippen LogP contribution in [0.5, 0.6) is 0 Å². The second kappa shape index (κ2) is 6.91. The predicted octanol–water partition coefficient (Wildman–Crippen LogP) is 5.33. The number of fused-ring (bicyclic) bond motifs is 4. The molecule has 7 heteroatoms. The van der Waals surface area contributed by atoms with Crippen LogP contribution in [0, 0.1) is 5.82 Å². The van der Waals surface area contributed by atoms with Crippen LogP contribution >= 0.6 is 15.9 Å². The zero-order valence-electron chi connectivity index (χ0n) is 15.7. The molecule has 29 heavy (non-hydrogen) atoms. The number of anilines is 2. The van der Waals surface area contributed by atoms with E-state index in [0.717, 1.165) is 24.2 Å². The molecule has 3 heterocycles. The molecule has 5 rings (SSSR count). The predicted molar refractivity (Wildman–Crippen MR) is 115 cm³/mol. The van der Waals surface area contributed by atoms with E-state index >= 15 is 0 Å². The highest BCUT2D eigenvalue weighted by Crippen LogP contribution is 2.43. The van der Waals surface area contributed by atoms with Gasteiger partial charge in [-0.3, -0.25) is 0 Å². The van der Waals surface area contributed by atoms with E-state index < -0.39 is 5.82 Å². The molecule has 1 fully saturated rings. The standard InChI is InChI=1S/C22H20BrFN4O/c23-15-7-8-17(16(24)14-15)25-21(29)27-12-9-22(10-13-27)20-6-3-11-28(20)19-5-2-1-4-18(19)26-22/h1-8,11,14,26H,9-10,12-13H2,(H,25,29). The van der Waals surface area contributed by atoms with Crippen LogP contribution in [0.4, 0.5) is 20.6 Å². The fourth-order valence-corrected chi connectivity index (χ4v) is 4.68. The van der Waals surface area contributed by atoms with Gasteiger partial charge in [0.15, 0.2) is 0 Å². The lowest BCUT2D eigenvalue weighted by Crippen LogP contribution is -2.51. The Bertz CT molecular complexity index is 1090. The van der Waals surface area contributed by atoms with Gasteiger partial charge in [-0.1, -0.05) is 28.1 Å². The molecular weight excluding hydrogens is 435 g/mol. The Morgan fingerprint density at radius 1 is 1.10 bits per heavy atom. The lowest BCUT2D eigenvalue weighted by Gasteiger charge is -2.46. The minimum Gasteiger partial charge on any atom is -0.372 e. The van der Waals surface area contributed by atoms with Crippen LogP contribution in [0.15, 0.2) is 65.3 Å². The number of hydrogen-bond donors (Lipinski definition) is 2. The van der Waals surface area contributed by atoms with Crippen molar-refractivity contribution < 1.29 is 9.18 Å². The van der Waals surface area contributed by atoms with Gasteiger partial charge in [0.25, 0.3) is 0 Å². The van der Waals surface area contributed by atoms with Crippen LogP contribution in [0.1, 0.15) is 18.5 Å². The number of para-hydroxylation sites is 2. The summed E-state index contributed by atoms with van der Waals surface area (Å²) in [5, 5.41) is 6.43. The third-order valence-electron chi connectivity index (χ3n) is 5.85. The Balaban J connectivity index is 1.34. The van der Waals surface area contributed by atoms with Crippen molar-refractivity contribution in [2.24, 2.45) is 0 Å². The van der Waals surface area contributed by atoms with Gasteiger partial charge in [0.05, 0.1) is 22.6 Å². The molecule has 2 aromatic carbocycles. The minimum absolute atomic E-state index is 0.192. The van der Waals surface area contributed by atoms with Gasteiger partial charge < -0.3 is 20.1 Å². The number of rotatable bonds is 1. The van der Waals surface area contributed by atoms with Gasteiger partial charge in [-0.2, -0.15) is 0 Å². The highest BCUT2D eigenvalue weighted by atomic mass is 79.9. The molecular formula is C22H20BrFN4O. The number of halogens is 2. The van der Waals surface area contributed by atoms with Crippen LogP contribution < -0.4 is 10.6 Å². The quantitative estimate of drug-likeness (QED) is 0.522. The molecule has 0 bridgehead atoms. The smallest absolute Gasteiger partial charge is 0.321 e. The topological polar surface area (TPSA) is 49.3 Å². The monoisotopic (exact) mass is 454 g/mol. The number of amides is 2. The van der Waals surface area contributed by atoms with Crippen molar-refractivity contribution in [3.05, 3.63) is 76.8 Å². The molecule has 148 valence electrons. The number of urea groups is 1. The maximum atomic E-state index is 14.1. The molecule has 0 atom stereocenters. The van der Waals surface area contributed by atoms with E-state index in [9.17, 15) is 9.18 Å². The molecule has 2 amide bonds. The van der Waals surface area contributed by atoms with Gasteiger partial charge in [-0.05, 0) is 55.3 Å². The minimum atomic E-state index is -0.454. The van der Waals surface area contributed by atoms with Gasteiger partial charge >= 0.3 is 6.03 Å². The number of hydrogen-bond acceptors (Lipinski definition) is 2. The third-order valence-corrected chi connectivity index (χ3v) is 6.35. The van der Waals surface area contributed by atoms with Crippen molar-refractivity contribution in [3.63, 3.8) is 0 Å². The lowest BCUT2D eigenvalue weighted by atomic mass is 9.82. The van der Waals surface area contributed by atoms with Crippen LogP contribution in [-0.4, -0.2) is 28.6 Å². The highest BCUT2D eigenvalue weighted by Gasteiger charge is 2.42.